The molecule has 6 nitrogen and oxygen atoms in total. The molecule has 110 valence electrons. The number of nitro benzene ring substituents is 1. The Kier molecular flexibility index (Phi) is 4.73. The first-order valence-corrected chi connectivity index (χ1v) is 6.66. The Hall–Kier alpha value is -2.60. The van der Waals surface area contributed by atoms with Gasteiger partial charge in [0.1, 0.15) is 11.4 Å². The minimum absolute atomic E-state index is 0.0414. The third-order valence-electron chi connectivity index (χ3n) is 3.34. The maximum Gasteiger partial charge on any atom is 0.316 e. The second kappa shape index (κ2) is 6.71. The molecule has 0 aliphatic rings. The van der Waals surface area contributed by atoms with Crippen molar-refractivity contribution in [3.63, 3.8) is 0 Å². The number of nitrogens with one attached hydrogen (secondary N) is 2. The fourth-order valence-corrected chi connectivity index (χ4v) is 2.16. The predicted molar refractivity (Wildman–Crippen MR) is 84.3 cm³/mol. The van der Waals surface area contributed by atoms with Crippen molar-refractivity contribution in [2.45, 2.75) is 12.8 Å². The quantitative estimate of drug-likeness (QED) is 0.431. The van der Waals surface area contributed by atoms with Gasteiger partial charge in [-0.2, -0.15) is 0 Å². The summed E-state index contributed by atoms with van der Waals surface area (Å²) in [6.45, 7) is 2.66. The second-order valence-electron chi connectivity index (χ2n) is 4.80. The first-order chi connectivity index (χ1) is 10.1. The molecule has 0 spiro atoms. The predicted octanol–water partition coefficient (Wildman–Crippen LogP) is 3.10. The summed E-state index contributed by atoms with van der Waals surface area (Å²) in [6.07, 6.45) is 0. The van der Waals surface area contributed by atoms with Crippen LogP contribution in [0.15, 0.2) is 48.5 Å². The fourth-order valence-electron chi connectivity index (χ4n) is 2.16. The standard InChI is InChI=1S/C15H18N4O2/c1-11(12-6-3-2-4-7-12)10-17-13-8-5-9-14(18-16)15(13)19(20)21/h2-9,11,17-18H,10,16H2,1H3. The third-order valence-corrected chi connectivity index (χ3v) is 3.34. The van der Waals surface area contributed by atoms with E-state index in [1.165, 1.54) is 5.56 Å². The van der Waals surface area contributed by atoms with Crippen LogP contribution in [0.4, 0.5) is 17.1 Å². The van der Waals surface area contributed by atoms with Gasteiger partial charge in [-0.3, -0.25) is 16.0 Å². The third kappa shape index (κ3) is 3.49. The average molecular weight is 286 g/mol. The molecule has 2 aromatic rings. The Morgan fingerprint density at radius 1 is 1.14 bits per heavy atom. The molecule has 0 heterocycles. The van der Waals surface area contributed by atoms with Crippen molar-refractivity contribution < 1.29 is 4.92 Å². The SMILES string of the molecule is CC(CNc1cccc(NN)c1[N+](=O)[O-])c1ccccc1. The lowest BCUT2D eigenvalue weighted by atomic mass is 10.0. The Labute approximate surface area is 123 Å². The highest BCUT2D eigenvalue weighted by Crippen LogP contribution is 2.32. The van der Waals surface area contributed by atoms with Gasteiger partial charge in [0.2, 0.25) is 0 Å². The van der Waals surface area contributed by atoms with E-state index in [0.29, 0.717) is 12.2 Å². The summed E-state index contributed by atoms with van der Waals surface area (Å²) in [5.74, 6) is 5.56. The van der Waals surface area contributed by atoms with Gasteiger partial charge in [0, 0.05) is 6.54 Å². The van der Waals surface area contributed by atoms with Gasteiger partial charge in [0.25, 0.3) is 0 Å². The molecule has 0 aliphatic heterocycles. The molecule has 1 atom stereocenters. The van der Waals surface area contributed by atoms with Crippen LogP contribution in [0.1, 0.15) is 18.4 Å². The Morgan fingerprint density at radius 3 is 2.43 bits per heavy atom. The van der Waals surface area contributed by atoms with Crippen LogP contribution in [0.5, 0.6) is 0 Å². The molecule has 1 unspecified atom stereocenters. The second-order valence-corrected chi connectivity index (χ2v) is 4.80. The van der Waals surface area contributed by atoms with E-state index >= 15 is 0 Å². The molecule has 0 radical (unpaired) electrons. The molecular weight excluding hydrogens is 268 g/mol. The molecular formula is C15H18N4O2. The van der Waals surface area contributed by atoms with Gasteiger partial charge in [-0.15, -0.1) is 0 Å². The van der Waals surface area contributed by atoms with Crippen molar-refractivity contribution in [1.29, 1.82) is 0 Å². The first kappa shape index (κ1) is 14.8. The van der Waals surface area contributed by atoms with Crippen LogP contribution in [0.2, 0.25) is 0 Å². The lowest BCUT2D eigenvalue weighted by Crippen LogP contribution is -2.13. The molecule has 2 rings (SSSR count). The number of rotatable bonds is 6. The maximum absolute atomic E-state index is 11.2. The number of benzene rings is 2. The molecule has 0 bridgehead atoms. The molecule has 0 amide bonds. The number of nitrogens with zero attached hydrogens (tertiary/aromatic N) is 1. The van der Waals surface area contributed by atoms with Gasteiger partial charge in [-0.05, 0) is 23.6 Å². The van der Waals surface area contributed by atoms with Crippen molar-refractivity contribution in [2.24, 2.45) is 5.84 Å². The first-order valence-electron chi connectivity index (χ1n) is 6.66. The van der Waals surface area contributed by atoms with Gasteiger partial charge in [-0.25, -0.2) is 0 Å². The summed E-state index contributed by atoms with van der Waals surface area (Å²) in [6, 6.07) is 15.0. The van der Waals surface area contributed by atoms with E-state index in [4.69, 9.17) is 5.84 Å². The normalized spacial score (nSPS) is 11.7. The Bertz CT molecular complexity index is 616. The minimum Gasteiger partial charge on any atom is -0.379 e. The highest BCUT2D eigenvalue weighted by molar-refractivity contribution is 5.75. The summed E-state index contributed by atoms with van der Waals surface area (Å²) in [7, 11) is 0. The highest BCUT2D eigenvalue weighted by atomic mass is 16.6. The number of nitro groups is 1. The van der Waals surface area contributed by atoms with Gasteiger partial charge in [-0.1, -0.05) is 43.3 Å². The lowest BCUT2D eigenvalue weighted by molar-refractivity contribution is -0.383. The number of para-hydroxylation sites is 1. The molecule has 21 heavy (non-hydrogen) atoms. The van der Waals surface area contributed by atoms with Crippen LogP contribution >= 0.6 is 0 Å². The van der Waals surface area contributed by atoms with Gasteiger partial charge >= 0.3 is 5.69 Å². The van der Waals surface area contributed by atoms with E-state index in [2.05, 4.69) is 17.7 Å². The van der Waals surface area contributed by atoms with E-state index in [1.54, 1.807) is 18.2 Å². The van der Waals surface area contributed by atoms with Crippen molar-refractivity contribution >= 4 is 17.1 Å². The summed E-state index contributed by atoms with van der Waals surface area (Å²) >= 11 is 0. The average Bonchev–Trinajstić information content (AvgIpc) is 2.52. The molecule has 0 aromatic heterocycles. The van der Waals surface area contributed by atoms with Crippen molar-refractivity contribution in [3.05, 3.63) is 64.2 Å². The molecule has 0 fully saturated rings. The van der Waals surface area contributed by atoms with Gasteiger partial charge in [0.15, 0.2) is 0 Å². The van der Waals surface area contributed by atoms with Crippen LogP contribution in [0, 0.1) is 10.1 Å². The fraction of sp³-hybridized carbons (Fsp3) is 0.200. The summed E-state index contributed by atoms with van der Waals surface area (Å²) < 4.78 is 0. The highest BCUT2D eigenvalue weighted by Gasteiger charge is 2.19. The van der Waals surface area contributed by atoms with Crippen molar-refractivity contribution in [1.82, 2.24) is 0 Å². The number of hydrazine groups is 1. The number of hydrogen-bond acceptors (Lipinski definition) is 5. The monoisotopic (exact) mass is 286 g/mol. The van der Waals surface area contributed by atoms with Gasteiger partial charge in [0.05, 0.1) is 4.92 Å². The zero-order chi connectivity index (χ0) is 15.2. The smallest absolute Gasteiger partial charge is 0.316 e. The van der Waals surface area contributed by atoms with Crippen LogP contribution in [-0.4, -0.2) is 11.5 Å². The van der Waals surface area contributed by atoms with E-state index in [1.807, 2.05) is 30.3 Å². The summed E-state index contributed by atoms with van der Waals surface area (Å²) in [4.78, 5) is 10.7. The zero-order valence-corrected chi connectivity index (χ0v) is 11.7. The number of nitrogens with two attached hydrogens (primary N) is 1. The topological polar surface area (TPSA) is 93.2 Å². The summed E-state index contributed by atoms with van der Waals surface area (Å²) in [5, 5.41) is 14.3. The minimum atomic E-state index is -0.440. The van der Waals surface area contributed by atoms with Crippen LogP contribution in [-0.2, 0) is 0 Å². The molecule has 4 N–H and O–H groups in total. The molecule has 0 saturated heterocycles. The maximum atomic E-state index is 11.2. The van der Waals surface area contributed by atoms with Crippen molar-refractivity contribution in [2.75, 3.05) is 17.3 Å². The van der Waals surface area contributed by atoms with E-state index in [9.17, 15) is 10.1 Å². The van der Waals surface area contributed by atoms with E-state index in [0.717, 1.165) is 0 Å². The van der Waals surface area contributed by atoms with E-state index in [-0.39, 0.29) is 17.3 Å². The zero-order valence-electron chi connectivity index (χ0n) is 11.7. The van der Waals surface area contributed by atoms with Crippen LogP contribution < -0.4 is 16.6 Å². The Morgan fingerprint density at radius 2 is 1.81 bits per heavy atom. The number of nitrogen functional groups attached to an aromatic ring is 1. The largest absolute Gasteiger partial charge is 0.379 e. The van der Waals surface area contributed by atoms with Crippen LogP contribution in [0.3, 0.4) is 0 Å². The lowest BCUT2D eigenvalue weighted by Gasteiger charge is -2.15. The Balaban J connectivity index is 2.15. The number of hydrogen-bond donors (Lipinski definition) is 3. The van der Waals surface area contributed by atoms with E-state index < -0.39 is 4.92 Å². The molecule has 2 aromatic carbocycles. The number of anilines is 2. The molecule has 0 aliphatic carbocycles. The van der Waals surface area contributed by atoms with Crippen molar-refractivity contribution in [3.8, 4) is 0 Å². The molecule has 6 heteroatoms. The molecule has 0 saturated carbocycles. The van der Waals surface area contributed by atoms with Gasteiger partial charge < -0.3 is 10.7 Å². The van der Waals surface area contributed by atoms with Crippen LogP contribution in [0.25, 0.3) is 0 Å². The summed E-state index contributed by atoms with van der Waals surface area (Å²) in [5.41, 5.74) is 4.24.